The Morgan fingerprint density at radius 1 is 1.06 bits per heavy atom. The van der Waals surface area contributed by atoms with Gasteiger partial charge in [-0.2, -0.15) is 5.26 Å². The fourth-order valence-corrected chi connectivity index (χ4v) is 5.24. The minimum absolute atomic E-state index is 0.0120. The number of hydrogen-bond acceptors (Lipinski definition) is 7. The first-order chi connectivity index (χ1) is 15.5. The number of fused-ring (bicyclic) bond motifs is 1. The van der Waals surface area contributed by atoms with Crippen molar-refractivity contribution in [2.24, 2.45) is 0 Å². The molecule has 0 aliphatic carbocycles. The highest BCUT2D eigenvalue weighted by Gasteiger charge is 2.39. The van der Waals surface area contributed by atoms with Crippen LogP contribution in [-0.2, 0) is 4.79 Å². The van der Waals surface area contributed by atoms with Crippen LogP contribution in [0.4, 0.5) is 5.69 Å². The monoisotopic (exact) mass is 451 g/mol. The van der Waals surface area contributed by atoms with Gasteiger partial charge >= 0.3 is 0 Å². The van der Waals surface area contributed by atoms with E-state index < -0.39 is 0 Å². The van der Waals surface area contributed by atoms with Crippen LogP contribution in [0.2, 0.25) is 0 Å². The van der Waals surface area contributed by atoms with Crippen molar-refractivity contribution in [2.75, 3.05) is 38.8 Å². The maximum atomic E-state index is 13.2. The van der Waals surface area contributed by atoms with Gasteiger partial charge in [0.2, 0.25) is 11.7 Å². The molecule has 8 heteroatoms. The summed E-state index contributed by atoms with van der Waals surface area (Å²) in [5, 5.41) is 10.8. The second-order valence-corrected chi connectivity index (χ2v) is 8.59. The number of nitrogens with zero attached hydrogens (tertiary/aromatic N) is 3. The highest BCUT2D eigenvalue weighted by molar-refractivity contribution is 8.03. The quantitative estimate of drug-likeness (QED) is 0.673. The number of anilines is 1. The first-order valence-electron chi connectivity index (χ1n) is 10.2. The van der Waals surface area contributed by atoms with Crippen LogP contribution in [0.25, 0.3) is 0 Å². The van der Waals surface area contributed by atoms with Crippen molar-refractivity contribution in [3.05, 3.63) is 58.1 Å². The molecule has 2 heterocycles. The minimum Gasteiger partial charge on any atom is -0.493 e. The zero-order valence-corrected chi connectivity index (χ0v) is 19.4. The summed E-state index contributed by atoms with van der Waals surface area (Å²) in [5.41, 5.74) is 3.62. The molecule has 0 N–H and O–H groups in total. The summed E-state index contributed by atoms with van der Waals surface area (Å²) >= 11 is 1.52. The van der Waals surface area contributed by atoms with E-state index in [2.05, 4.69) is 35.2 Å². The number of ether oxygens (including phenoxy) is 3. The Labute approximate surface area is 192 Å². The molecule has 166 valence electrons. The van der Waals surface area contributed by atoms with E-state index in [4.69, 9.17) is 14.2 Å². The largest absolute Gasteiger partial charge is 0.493 e. The van der Waals surface area contributed by atoms with Gasteiger partial charge in [0, 0.05) is 18.0 Å². The highest BCUT2D eigenvalue weighted by Crippen LogP contribution is 2.47. The van der Waals surface area contributed by atoms with E-state index in [-0.39, 0.29) is 18.2 Å². The Morgan fingerprint density at radius 3 is 2.28 bits per heavy atom. The fraction of sp³-hybridized carbons (Fsp3) is 0.333. The summed E-state index contributed by atoms with van der Waals surface area (Å²) in [6.45, 7) is 2.48. The first kappa shape index (κ1) is 21.9. The molecule has 32 heavy (non-hydrogen) atoms. The number of benzene rings is 2. The van der Waals surface area contributed by atoms with Crippen LogP contribution in [-0.4, -0.2) is 44.7 Å². The molecule has 0 saturated carbocycles. The summed E-state index contributed by atoms with van der Waals surface area (Å²) in [7, 11) is 4.65. The van der Waals surface area contributed by atoms with Crippen LogP contribution in [0, 0.1) is 18.3 Å². The number of allylic oxidation sites excluding steroid dienone is 1. The molecule has 2 aliphatic rings. The minimum atomic E-state index is -0.370. The van der Waals surface area contributed by atoms with Crippen molar-refractivity contribution in [3.8, 4) is 23.3 Å². The van der Waals surface area contributed by atoms with Gasteiger partial charge in [0.05, 0.1) is 50.5 Å². The van der Waals surface area contributed by atoms with Crippen LogP contribution >= 0.6 is 11.8 Å². The Morgan fingerprint density at radius 2 is 1.72 bits per heavy atom. The zero-order chi connectivity index (χ0) is 22.8. The number of nitriles is 1. The van der Waals surface area contributed by atoms with Crippen LogP contribution in [0.1, 0.15) is 23.5 Å². The third-order valence-corrected chi connectivity index (χ3v) is 6.94. The molecule has 1 amide bonds. The topological polar surface area (TPSA) is 75.0 Å². The van der Waals surface area contributed by atoms with Crippen molar-refractivity contribution in [1.29, 1.82) is 5.26 Å². The van der Waals surface area contributed by atoms with Crippen LogP contribution in [0.15, 0.2) is 47.0 Å². The van der Waals surface area contributed by atoms with E-state index in [1.54, 1.807) is 26.2 Å². The molecule has 0 bridgehead atoms. The Bertz CT molecular complexity index is 1080. The second-order valence-electron chi connectivity index (χ2n) is 7.66. The number of carbonyl (C=O) groups excluding carboxylic acids is 1. The van der Waals surface area contributed by atoms with Crippen molar-refractivity contribution in [3.63, 3.8) is 0 Å². The number of methoxy groups -OCH3 is 3. The third-order valence-electron chi connectivity index (χ3n) is 5.78. The predicted octanol–water partition coefficient (Wildman–Crippen LogP) is 4.24. The molecule has 1 saturated heterocycles. The first-order valence-corrected chi connectivity index (χ1v) is 11.2. The van der Waals surface area contributed by atoms with Gasteiger partial charge in [-0.25, -0.2) is 0 Å². The standard InChI is InChI=1S/C24H25N3O4S/c1-15-5-7-17(8-6-15)26-13-27-22(28)11-18(19(12-25)24(27)32-14-26)16-9-20(29-2)23(31-4)21(10-16)30-3/h5-10,18H,11,13-14H2,1-4H3/t18-/m0/s1. The van der Waals surface area contributed by atoms with Gasteiger partial charge in [0.1, 0.15) is 0 Å². The number of aryl methyl sites for hydroxylation is 1. The Hall–Kier alpha value is -3.31. The molecule has 0 aromatic heterocycles. The third kappa shape index (κ3) is 3.84. The summed E-state index contributed by atoms with van der Waals surface area (Å²) in [4.78, 5) is 17.1. The lowest BCUT2D eigenvalue weighted by atomic mass is 9.86. The lowest BCUT2D eigenvalue weighted by Gasteiger charge is -2.42. The summed E-state index contributed by atoms with van der Waals surface area (Å²) in [6.07, 6.45) is 0.202. The van der Waals surface area contributed by atoms with E-state index in [0.29, 0.717) is 35.4 Å². The van der Waals surface area contributed by atoms with E-state index in [1.807, 2.05) is 19.1 Å². The van der Waals surface area contributed by atoms with Gasteiger partial charge in [0.15, 0.2) is 11.5 Å². The molecule has 2 aromatic carbocycles. The lowest BCUT2D eigenvalue weighted by molar-refractivity contribution is -0.129. The molecule has 1 fully saturated rings. The molecule has 1 atom stereocenters. The number of amides is 1. The molecule has 0 spiro atoms. The highest BCUT2D eigenvalue weighted by atomic mass is 32.2. The SMILES string of the molecule is COc1cc([C@@H]2CC(=O)N3CN(c4ccc(C)cc4)CSC3=C2C#N)cc(OC)c1OC. The van der Waals surface area contributed by atoms with E-state index >= 15 is 0 Å². The predicted molar refractivity (Wildman–Crippen MR) is 124 cm³/mol. The van der Waals surface area contributed by atoms with E-state index in [0.717, 1.165) is 16.3 Å². The Kier molecular flexibility index (Phi) is 6.19. The Balaban J connectivity index is 1.70. The molecule has 2 aromatic rings. The molecule has 0 radical (unpaired) electrons. The van der Waals surface area contributed by atoms with Crippen molar-refractivity contribution < 1.29 is 19.0 Å². The molecular weight excluding hydrogens is 426 g/mol. The average Bonchev–Trinajstić information content (AvgIpc) is 2.83. The van der Waals surface area contributed by atoms with Gasteiger partial charge < -0.3 is 19.1 Å². The number of thioether (sulfide) groups is 1. The number of hydrogen-bond donors (Lipinski definition) is 0. The fourth-order valence-electron chi connectivity index (χ4n) is 4.07. The summed E-state index contributed by atoms with van der Waals surface area (Å²) in [6, 6.07) is 14.2. The van der Waals surface area contributed by atoms with Crippen LogP contribution in [0.3, 0.4) is 0 Å². The molecule has 4 rings (SSSR count). The van der Waals surface area contributed by atoms with Crippen LogP contribution < -0.4 is 19.1 Å². The normalized spacial score (nSPS) is 18.2. The van der Waals surface area contributed by atoms with Crippen molar-refractivity contribution >= 4 is 23.4 Å². The zero-order valence-electron chi connectivity index (χ0n) is 18.5. The van der Waals surface area contributed by atoms with Gasteiger partial charge in [-0.05, 0) is 36.8 Å². The molecule has 2 aliphatic heterocycles. The molecule has 0 unspecified atom stereocenters. The number of carbonyl (C=O) groups is 1. The average molecular weight is 452 g/mol. The molecular formula is C24H25N3O4S. The second kappa shape index (κ2) is 9.05. The van der Waals surface area contributed by atoms with Gasteiger partial charge in [-0.1, -0.05) is 29.5 Å². The van der Waals surface area contributed by atoms with Crippen molar-refractivity contribution in [1.82, 2.24) is 4.90 Å². The van der Waals surface area contributed by atoms with E-state index in [9.17, 15) is 10.1 Å². The maximum absolute atomic E-state index is 13.2. The summed E-state index contributed by atoms with van der Waals surface area (Å²) in [5.74, 6) is 1.76. The smallest absolute Gasteiger partial charge is 0.229 e. The van der Waals surface area contributed by atoms with Gasteiger partial charge in [-0.3, -0.25) is 9.69 Å². The maximum Gasteiger partial charge on any atom is 0.229 e. The van der Waals surface area contributed by atoms with E-state index in [1.165, 1.54) is 17.3 Å². The lowest BCUT2D eigenvalue weighted by Crippen LogP contribution is -2.47. The van der Waals surface area contributed by atoms with Gasteiger partial charge in [0.25, 0.3) is 0 Å². The molecule has 7 nitrogen and oxygen atoms in total. The van der Waals surface area contributed by atoms with Crippen LogP contribution in [0.5, 0.6) is 17.2 Å². The summed E-state index contributed by atoms with van der Waals surface area (Å²) < 4.78 is 16.4. The number of rotatable bonds is 5. The van der Waals surface area contributed by atoms with Gasteiger partial charge in [-0.15, -0.1) is 0 Å². The van der Waals surface area contributed by atoms with Crippen molar-refractivity contribution in [2.45, 2.75) is 19.3 Å².